The van der Waals surface area contributed by atoms with Crippen LogP contribution in [0.2, 0.25) is 0 Å². The highest BCUT2D eigenvalue weighted by molar-refractivity contribution is 5.60. The molecule has 0 aromatic heterocycles. The second-order valence-corrected chi connectivity index (χ2v) is 3.91. The molecule has 0 unspecified atom stereocenters. The molecule has 0 amide bonds. The topological polar surface area (TPSA) is 47.3 Å². The Morgan fingerprint density at radius 1 is 1.39 bits per heavy atom. The Balaban J connectivity index is 2.86. The monoisotopic (exact) mass is 258 g/mol. The normalized spacial score (nSPS) is 11.1. The van der Waals surface area contributed by atoms with Crippen LogP contribution in [0.25, 0.3) is 0 Å². The minimum Gasteiger partial charge on any atom is -0.392 e. The number of halogens is 3. The minimum absolute atomic E-state index is 0.207. The molecule has 0 saturated carbocycles. The molecule has 0 aliphatic heterocycles. The predicted molar refractivity (Wildman–Crippen MR) is 61.0 cm³/mol. The lowest BCUT2D eigenvalue weighted by Gasteiger charge is -2.21. The van der Waals surface area contributed by atoms with Gasteiger partial charge in [0.15, 0.2) is 0 Å². The summed E-state index contributed by atoms with van der Waals surface area (Å²) in [5, 5.41) is 17.9. The Labute approximate surface area is 103 Å². The molecule has 1 rings (SSSR count). The molecule has 0 atom stereocenters. The van der Waals surface area contributed by atoms with E-state index in [1.807, 2.05) is 6.07 Å². The van der Waals surface area contributed by atoms with Crippen LogP contribution in [-0.2, 0) is 6.61 Å². The molecule has 0 bridgehead atoms. The highest BCUT2D eigenvalue weighted by atomic mass is 19.4. The third kappa shape index (κ3) is 3.93. The van der Waals surface area contributed by atoms with Gasteiger partial charge in [-0.1, -0.05) is 6.07 Å². The smallest absolute Gasteiger partial charge is 0.390 e. The fraction of sp³-hybridized carbons (Fsp3) is 0.417. The summed E-state index contributed by atoms with van der Waals surface area (Å²) in [6.45, 7) is -0.419. The molecule has 0 aliphatic rings. The van der Waals surface area contributed by atoms with Gasteiger partial charge in [0.25, 0.3) is 0 Å². The van der Waals surface area contributed by atoms with E-state index in [2.05, 4.69) is 0 Å². The van der Waals surface area contributed by atoms with E-state index in [9.17, 15) is 13.2 Å². The number of hydrogen-bond donors (Lipinski definition) is 1. The minimum atomic E-state index is -4.22. The van der Waals surface area contributed by atoms with E-state index in [4.69, 9.17) is 10.4 Å². The van der Waals surface area contributed by atoms with Crippen molar-refractivity contribution < 1.29 is 18.3 Å². The molecular formula is C12H13F3N2O. The van der Waals surface area contributed by atoms with Gasteiger partial charge in [0.1, 0.15) is 6.07 Å². The van der Waals surface area contributed by atoms with Crippen LogP contribution in [0, 0.1) is 11.3 Å². The van der Waals surface area contributed by atoms with Gasteiger partial charge < -0.3 is 10.0 Å². The molecule has 3 nitrogen and oxygen atoms in total. The van der Waals surface area contributed by atoms with E-state index in [1.54, 1.807) is 12.1 Å². The Morgan fingerprint density at radius 2 is 2.06 bits per heavy atom. The molecule has 0 saturated heterocycles. The van der Waals surface area contributed by atoms with Gasteiger partial charge in [-0.2, -0.15) is 18.4 Å². The SMILES string of the molecule is CN(CCC(F)(F)F)c1ccc(CO)cc1C#N. The van der Waals surface area contributed by atoms with Crippen molar-refractivity contribution in [1.29, 1.82) is 5.26 Å². The molecule has 0 spiro atoms. The quantitative estimate of drug-likeness (QED) is 0.902. The van der Waals surface area contributed by atoms with Gasteiger partial charge in [0.2, 0.25) is 0 Å². The number of benzene rings is 1. The lowest BCUT2D eigenvalue weighted by Crippen LogP contribution is -2.24. The van der Waals surface area contributed by atoms with Crippen LogP contribution >= 0.6 is 0 Å². The molecule has 1 N–H and O–H groups in total. The summed E-state index contributed by atoms with van der Waals surface area (Å²) < 4.78 is 36.3. The first-order valence-corrected chi connectivity index (χ1v) is 5.29. The highest BCUT2D eigenvalue weighted by Gasteiger charge is 2.27. The van der Waals surface area contributed by atoms with E-state index in [1.165, 1.54) is 18.0 Å². The fourth-order valence-corrected chi connectivity index (χ4v) is 1.52. The van der Waals surface area contributed by atoms with Crippen molar-refractivity contribution in [2.24, 2.45) is 0 Å². The zero-order valence-corrected chi connectivity index (χ0v) is 9.83. The molecule has 1 aromatic carbocycles. The first-order valence-electron chi connectivity index (χ1n) is 5.29. The van der Waals surface area contributed by atoms with E-state index in [-0.39, 0.29) is 18.7 Å². The van der Waals surface area contributed by atoms with Crippen molar-refractivity contribution in [2.45, 2.75) is 19.2 Å². The van der Waals surface area contributed by atoms with E-state index in [0.29, 0.717) is 11.3 Å². The molecule has 98 valence electrons. The van der Waals surface area contributed by atoms with E-state index >= 15 is 0 Å². The van der Waals surface area contributed by atoms with Gasteiger partial charge in [-0.15, -0.1) is 0 Å². The van der Waals surface area contributed by atoms with Crippen molar-refractivity contribution in [2.75, 3.05) is 18.5 Å². The van der Waals surface area contributed by atoms with E-state index < -0.39 is 12.6 Å². The molecule has 18 heavy (non-hydrogen) atoms. The Hall–Kier alpha value is -1.74. The number of aliphatic hydroxyl groups excluding tert-OH is 1. The van der Waals surface area contributed by atoms with Gasteiger partial charge in [-0.05, 0) is 17.7 Å². The van der Waals surface area contributed by atoms with Crippen LogP contribution in [0.1, 0.15) is 17.5 Å². The highest BCUT2D eigenvalue weighted by Crippen LogP contribution is 2.24. The lowest BCUT2D eigenvalue weighted by molar-refractivity contribution is -0.132. The zero-order valence-electron chi connectivity index (χ0n) is 9.83. The van der Waals surface area contributed by atoms with Crippen LogP contribution in [0.3, 0.4) is 0 Å². The summed E-state index contributed by atoms with van der Waals surface area (Å²) in [5.41, 5.74) is 1.24. The van der Waals surface area contributed by atoms with Crippen molar-refractivity contribution in [3.05, 3.63) is 29.3 Å². The van der Waals surface area contributed by atoms with Gasteiger partial charge >= 0.3 is 6.18 Å². The molecule has 0 fully saturated rings. The summed E-state index contributed by atoms with van der Waals surface area (Å²) in [5.74, 6) is 0. The van der Waals surface area contributed by atoms with E-state index in [0.717, 1.165) is 0 Å². The van der Waals surface area contributed by atoms with Crippen molar-refractivity contribution in [1.82, 2.24) is 0 Å². The maximum Gasteiger partial charge on any atom is 0.390 e. The van der Waals surface area contributed by atoms with Crippen molar-refractivity contribution >= 4 is 5.69 Å². The Bertz CT molecular complexity index is 452. The van der Waals surface area contributed by atoms with Crippen LogP contribution in [-0.4, -0.2) is 24.9 Å². The zero-order chi connectivity index (χ0) is 13.8. The Morgan fingerprint density at radius 3 is 2.56 bits per heavy atom. The first-order chi connectivity index (χ1) is 8.37. The number of aliphatic hydroxyl groups is 1. The summed E-state index contributed by atoms with van der Waals surface area (Å²) in [6.07, 6.45) is -5.15. The molecule has 0 heterocycles. The largest absolute Gasteiger partial charge is 0.392 e. The summed E-state index contributed by atoms with van der Waals surface area (Å²) in [7, 11) is 1.50. The predicted octanol–water partition coefficient (Wildman–Crippen LogP) is 2.44. The van der Waals surface area contributed by atoms with Gasteiger partial charge in [-0.25, -0.2) is 0 Å². The number of alkyl halides is 3. The summed E-state index contributed by atoms with van der Waals surface area (Å²) in [6, 6.07) is 6.51. The summed E-state index contributed by atoms with van der Waals surface area (Å²) in [4.78, 5) is 1.38. The summed E-state index contributed by atoms with van der Waals surface area (Å²) >= 11 is 0. The van der Waals surface area contributed by atoms with Crippen molar-refractivity contribution in [3.8, 4) is 6.07 Å². The van der Waals surface area contributed by atoms with Crippen LogP contribution in [0.5, 0.6) is 0 Å². The van der Waals surface area contributed by atoms with Crippen molar-refractivity contribution in [3.63, 3.8) is 0 Å². The van der Waals surface area contributed by atoms with Crippen LogP contribution in [0.4, 0.5) is 18.9 Å². The lowest BCUT2D eigenvalue weighted by atomic mass is 10.1. The number of nitrogens with zero attached hydrogens (tertiary/aromatic N) is 2. The second kappa shape index (κ2) is 5.74. The van der Waals surface area contributed by atoms with Gasteiger partial charge in [0, 0.05) is 13.6 Å². The average molecular weight is 258 g/mol. The second-order valence-electron chi connectivity index (χ2n) is 3.91. The van der Waals surface area contributed by atoms with Crippen LogP contribution in [0.15, 0.2) is 18.2 Å². The molecule has 0 aliphatic carbocycles. The maximum atomic E-state index is 12.1. The molecule has 0 radical (unpaired) electrons. The fourth-order valence-electron chi connectivity index (χ4n) is 1.52. The van der Waals surface area contributed by atoms with Gasteiger partial charge in [0.05, 0.1) is 24.3 Å². The third-order valence-corrected chi connectivity index (χ3v) is 2.51. The number of anilines is 1. The molecule has 6 heteroatoms. The molecular weight excluding hydrogens is 245 g/mol. The van der Waals surface area contributed by atoms with Gasteiger partial charge in [-0.3, -0.25) is 0 Å². The number of nitriles is 1. The average Bonchev–Trinajstić information content (AvgIpc) is 2.34. The standard InChI is InChI=1S/C12H13F3N2O/c1-17(5-4-12(13,14)15)11-3-2-9(8-18)6-10(11)7-16/h2-3,6,18H,4-5,8H2,1H3. The maximum absolute atomic E-state index is 12.1. The number of hydrogen-bond acceptors (Lipinski definition) is 3. The van der Waals surface area contributed by atoms with Crippen LogP contribution < -0.4 is 4.90 Å². The third-order valence-electron chi connectivity index (χ3n) is 2.51. The molecule has 1 aromatic rings. The first kappa shape index (κ1) is 14.3. The number of rotatable bonds is 4. The Kier molecular flexibility index (Phi) is 4.56.